The average Bonchev–Trinajstić information content (AvgIpc) is 2.56. The summed E-state index contributed by atoms with van der Waals surface area (Å²) >= 11 is 0. The first kappa shape index (κ1) is 12.2. The maximum absolute atomic E-state index is 2.21. The summed E-state index contributed by atoms with van der Waals surface area (Å²) in [5, 5.41) is 0. The van der Waals surface area contributed by atoms with Gasteiger partial charge in [-0.05, 0) is 27.7 Å². The predicted molar refractivity (Wildman–Crippen MR) is 56.7 cm³/mol. The van der Waals surface area contributed by atoms with E-state index in [2.05, 4.69) is 55.6 Å². The lowest BCUT2D eigenvalue weighted by atomic mass is 10.4. The molecule has 0 bridgehead atoms. The first-order valence-corrected chi connectivity index (χ1v) is 5.19. The Balaban J connectivity index is 0.000000671. The normalized spacial score (nSPS) is 10.2. The first-order chi connectivity index (χ1) is 6.11. The fourth-order valence-corrected chi connectivity index (χ4v) is 0.996. The zero-order valence-corrected chi connectivity index (χ0v) is 9.78. The SMILES string of the molecule is CC.CC(C)n1cc[n+](C(C)C)c1. The van der Waals surface area contributed by atoms with Gasteiger partial charge in [0.05, 0.1) is 12.1 Å². The highest BCUT2D eigenvalue weighted by Gasteiger charge is 2.08. The molecule has 0 amide bonds. The molecule has 2 nitrogen and oxygen atoms in total. The molecule has 1 aromatic rings. The average molecular weight is 183 g/mol. The molecule has 0 aliphatic heterocycles. The van der Waals surface area contributed by atoms with E-state index in [1.807, 2.05) is 13.8 Å². The molecule has 1 rings (SSSR count). The van der Waals surface area contributed by atoms with Crippen LogP contribution in [-0.4, -0.2) is 4.57 Å². The van der Waals surface area contributed by atoms with Crippen LogP contribution >= 0.6 is 0 Å². The molecule has 0 radical (unpaired) electrons. The van der Waals surface area contributed by atoms with Crippen molar-refractivity contribution in [2.24, 2.45) is 0 Å². The van der Waals surface area contributed by atoms with Gasteiger partial charge in [0.2, 0.25) is 6.33 Å². The summed E-state index contributed by atoms with van der Waals surface area (Å²) in [6.07, 6.45) is 6.38. The fraction of sp³-hybridized carbons (Fsp3) is 0.727. The molecular formula is C11H23N2+. The van der Waals surface area contributed by atoms with Crippen LogP contribution in [0.3, 0.4) is 0 Å². The second-order valence-electron chi connectivity index (χ2n) is 3.50. The minimum absolute atomic E-state index is 0.565. The molecule has 76 valence electrons. The number of aromatic nitrogens is 2. The third-order valence-corrected chi connectivity index (χ3v) is 1.87. The molecule has 0 saturated carbocycles. The zero-order valence-electron chi connectivity index (χ0n) is 9.78. The monoisotopic (exact) mass is 183 g/mol. The van der Waals surface area contributed by atoms with Crippen LogP contribution in [0.25, 0.3) is 0 Å². The second kappa shape index (κ2) is 5.79. The van der Waals surface area contributed by atoms with Crippen molar-refractivity contribution in [1.82, 2.24) is 4.57 Å². The molecule has 0 spiro atoms. The van der Waals surface area contributed by atoms with Crippen molar-refractivity contribution < 1.29 is 4.57 Å². The molecule has 0 atom stereocenters. The lowest BCUT2D eigenvalue weighted by molar-refractivity contribution is -0.715. The summed E-state index contributed by atoms with van der Waals surface area (Å²) in [4.78, 5) is 0. The van der Waals surface area contributed by atoms with Crippen molar-refractivity contribution in [3.63, 3.8) is 0 Å². The van der Waals surface area contributed by atoms with Crippen LogP contribution in [0.4, 0.5) is 0 Å². The van der Waals surface area contributed by atoms with Gasteiger partial charge in [0.1, 0.15) is 12.4 Å². The van der Waals surface area contributed by atoms with Gasteiger partial charge in [-0.15, -0.1) is 0 Å². The Hall–Kier alpha value is -0.790. The highest BCUT2D eigenvalue weighted by atomic mass is 15.1. The lowest BCUT2D eigenvalue weighted by Crippen LogP contribution is -2.33. The Morgan fingerprint density at radius 2 is 1.62 bits per heavy atom. The first-order valence-electron chi connectivity index (χ1n) is 5.19. The molecule has 0 N–H and O–H groups in total. The Morgan fingerprint density at radius 3 is 1.85 bits per heavy atom. The number of imidazole rings is 1. The molecular weight excluding hydrogens is 160 g/mol. The van der Waals surface area contributed by atoms with Gasteiger partial charge in [0.15, 0.2) is 0 Å². The maximum atomic E-state index is 2.21. The third-order valence-electron chi connectivity index (χ3n) is 1.87. The molecule has 0 unspecified atom stereocenters. The van der Waals surface area contributed by atoms with Crippen LogP contribution in [0.15, 0.2) is 18.7 Å². The van der Waals surface area contributed by atoms with Crippen LogP contribution in [-0.2, 0) is 0 Å². The predicted octanol–water partition coefficient (Wildman–Crippen LogP) is 2.96. The van der Waals surface area contributed by atoms with Crippen LogP contribution in [0.5, 0.6) is 0 Å². The Bertz CT molecular complexity index is 201. The summed E-state index contributed by atoms with van der Waals surface area (Å²) in [6, 6.07) is 1.13. The van der Waals surface area contributed by atoms with E-state index in [0.29, 0.717) is 12.1 Å². The quantitative estimate of drug-likeness (QED) is 0.623. The molecule has 1 heterocycles. The van der Waals surface area contributed by atoms with Crippen molar-refractivity contribution >= 4 is 0 Å². The van der Waals surface area contributed by atoms with Crippen molar-refractivity contribution in [1.29, 1.82) is 0 Å². The van der Waals surface area contributed by atoms with E-state index < -0.39 is 0 Å². The van der Waals surface area contributed by atoms with Crippen LogP contribution in [0, 0.1) is 0 Å². The van der Waals surface area contributed by atoms with Gasteiger partial charge in [0.25, 0.3) is 0 Å². The van der Waals surface area contributed by atoms with E-state index >= 15 is 0 Å². The molecule has 0 aliphatic rings. The van der Waals surface area contributed by atoms with Gasteiger partial charge < -0.3 is 0 Å². The van der Waals surface area contributed by atoms with Gasteiger partial charge in [-0.1, -0.05) is 13.8 Å². The van der Waals surface area contributed by atoms with E-state index in [0.717, 1.165) is 0 Å². The van der Waals surface area contributed by atoms with E-state index in [1.165, 1.54) is 0 Å². The fourth-order valence-electron chi connectivity index (χ4n) is 0.996. The van der Waals surface area contributed by atoms with E-state index in [9.17, 15) is 0 Å². The van der Waals surface area contributed by atoms with Crippen molar-refractivity contribution in [2.45, 2.75) is 53.6 Å². The Labute approximate surface area is 82.2 Å². The van der Waals surface area contributed by atoms with Crippen molar-refractivity contribution in [3.8, 4) is 0 Å². The number of nitrogens with zero attached hydrogens (tertiary/aromatic N) is 2. The lowest BCUT2D eigenvalue weighted by Gasteiger charge is -1.99. The number of hydrogen-bond acceptors (Lipinski definition) is 0. The highest BCUT2D eigenvalue weighted by Crippen LogP contribution is 2.01. The van der Waals surface area contributed by atoms with Gasteiger partial charge >= 0.3 is 0 Å². The minimum Gasteiger partial charge on any atom is -0.235 e. The molecule has 0 aliphatic carbocycles. The van der Waals surface area contributed by atoms with E-state index in [4.69, 9.17) is 0 Å². The van der Waals surface area contributed by atoms with Crippen LogP contribution in [0.2, 0.25) is 0 Å². The molecule has 0 aromatic carbocycles. The summed E-state index contributed by atoms with van der Waals surface area (Å²) < 4.78 is 4.42. The summed E-state index contributed by atoms with van der Waals surface area (Å²) in [7, 11) is 0. The van der Waals surface area contributed by atoms with Gasteiger partial charge in [-0.3, -0.25) is 0 Å². The molecule has 13 heavy (non-hydrogen) atoms. The standard InChI is InChI=1S/C9H17N2.C2H6/c1-8(2)10-5-6-11(7-10)9(3)4;1-2/h5-9H,1-4H3;1-2H3/q+1;. The third kappa shape index (κ3) is 3.62. The van der Waals surface area contributed by atoms with Crippen molar-refractivity contribution in [3.05, 3.63) is 18.7 Å². The summed E-state index contributed by atoms with van der Waals surface area (Å²) in [5.74, 6) is 0. The highest BCUT2D eigenvalue weighted by molar-refractivity contribution is 4.70. The second-order valence-corrected chi connectivity index (χ2v) is 3.50. The molecule has 0 fully saturated rings. The van der Waals surface area contributed by atoms with Gasteiger partial charge in [-0.2, -0.15) is 0 Å². The zero-order chi connectivity index (χ0) is 10.4. The van der Waals surface area contributed by atoms with Crippen molar-refractivity contribution in [2.75, 3.05) is 0 Å². The largest absolute Gasteiger partial charge is 0.244 e. The Morgan fingerprint density at radius 1 is 1.08 bits per heavy atom. The number of hydrogen-bond donors (Lipinski definition) is 0. The van der Waals surface area contributed by atoms with Gasteiger partial charge in [-0.25, -0.2) is 9.13 Å². The topological polar surface area (TPSA) is 8.81 Å². The molecule has 1 aromatic heterocycles. The molecule has 2 heteroatoms. The summed E-state index contributed by atoms with van der Waals surface area (Å²) in [6.45, 7) is 12.7. The van der Waals surface area contributed by atoms with Crippen LogP contribution < -0.4 is 4.57 Å². The smallest absolute Gasteiger partial charge is 0.235 e. The van der Waals surface area contributed by atoms with E-state index in [-0.39, 0.29) is 0 Å². The van der Waals surface area contributed by atoms with E-state index in [1.54, 1.807) is 0 Å². The van der Waals surface area contributed by atoms with Gasteiger partial charge in [0, 0.05) is 0 Å². The maximum Gasteiger partial charge on any atom is 0.244 e. The van der Waals surface area contributed by atoms with Crippen LogP contribution in [0.1, 0.15) is 53.6 Å². The minimum atomic E-state index is 0.565. The summed E-state index contributed by atoms with van der Waals surface area (Å²) in [5.41, 5.74) is 0. The molecule has 0 saturated heterocycles. The number of rotatable bonds is 2. The Kier molecular flexibility index (Phi) is 5.44.